The Morgan fingerprint density at radius 3 is 2.68 bits per heavy atom. The Balaban J connectivity index is 1.44. The van der Waals surface area contributed by atoms with Crippen molar-refractivity contribution in [2.24, 2.45) is 0 Å². The van der Waals surface area contributed by atoms with Crippen LogP contribution in [0.2, 0.25) is 0 Å². The standard InChI is InChI=1S/C22H24N4O2/c1-17-13-26(20-4-3-5-21(12-20)28-2)22(27)15-25(17)14-18-6-8-19(9-7-18)24-11-10-23-16-24/h3-12,16-17H,13-15H2,1-2H3/t17-/m1/s1. The lowest BCUT2D eigenvalue weighted by molar-refractivity contribution is -0.122. The van der Waals surface area contributed by atoms with Crippen molar-refractivity contribution in [2.45, 2.75) is 19.5 Å². The Bertz CT molecular complexity index is 937. The Morgan fingerprint density at radius 1 is 1.14 bits per heavy atom. The molecule has 0 unspecified atom stereocenters. The van der Waals surface area contributed by atoms with E-state index < -0.39 is 0 Å². The summed E-state index contributed by atoms with van der Waals surface area (Å²) in [5.74, 6) is 0.875. The molecule has 0 bridgehead atoms. The van der Waals surface area contributed by atoms with Crippen LogP contribution in [0, 0.1) is 0 Å². The highest BCUT2D eigenvalue weighted by atomic mass is 16.5. The van der Waals surface area contributed by atoms with Gasteiger partial charge in [0.15, 0.2) is 0 Å². The minimum atomic E-state index is 0.112. The van der Waals surface area contributed by atoms with Gasteiger partial charge in [-0.2, -0.15) is 0 Å². The molecule has 6 heteroatoms. The van der Waals surface area contributed by atoms with Gasteiger partial charge >= 0.3 is 0 Å². The molecular formula is C22H24N4O2. The molecule has 0 N–H and O–H groups in total. The average molecular weight is 376 g/mol. The van der Waals surface area contributed by atoms with Crippen molar-refractivity contribution in [3.05, 3.63) is 72.8 Å². The highest BCUT2D eigenvalue weighted by molar-refractivity contribution is 5.95. The number of carbonyl (C=O) groups is 1. The number of aromatic nitrogens is 2. The molecule has 1 amide bonds. The van der Waals surface area contributed by atoms with Crippen molar-refractivity contribution in [2.75, 3.05) is 25.1 Å². The van der Waals surface area contributed by atoms with E-state index in [1.54, 1.807) is 19.6 Å². The first-order chi connectivity index (χ1) is 13.6. The minimum Gasteiger partial charge on any atom is -0.497 e. The van der Waals surface area contributed by atoms with E-state index in [2.05, 4.69) is 41.1 Å². The third-order valence-corrected chi connectivity index (χ3v) is 5.20. The van der Waals surface area contributed by atoms with Gasteiger partial charge in [-0.3, -0.25) is 9.69 Å². The van der Waals surface area contributed by atoms with Gasteiger partial charge in [0.2, 0.25) is 5.91 Å². The van der Waals surface area contributed by atoms with Gasteiger partial charge in [-0.25, -0.2) is 4.98 Å². The summed E-state index contributed by atoms with van der Waals surface area (Å²) in [5.41, 5.74) is 3.16. The summed E-state index contributed by atoms with van der Waals surface area (Å²) < 4.78 is 7.27. The molecule has 144 valence electrons. The van der Waals surface area contributed by atoms with Crippen LogP contribution >= 0.6 is 0 Å². The summed E-state index contributed by atoms with van der Waals surface area (Å²) >= 11 is 0. The van der Waals surface area contributed by atoms with Crippen LogP contribution in [-0.2, 0) is 11.3 Å². The van der Waals surface area contributed by atoms with Crippen molar-refractivity contribution in [1.29, 1.82) is 0 Å². The zero-order valence-electron chi connectivity index (χ0n) is 16.2. The summed E-state index contributed by atoms with van der Waals surface area (Å²) in [6, 6.07) is 16.3. The summed E-state index contributed by atoms with van der Waals surface area (Å²) in [4.78, 5) is 20.9. The van der Waals surface area contributed by atoms with Crippen LogP contribution in [0.15, 0.2) is 67.3 Å². The Hall–Kier alpha value is -3.12. The SMILES string of the molecule is COc1cccc(N2C[C@@H](C)N(Cc3ccc(-n4ccnc4)cc3)CC2=O)c1. The normalized spacial score (nSPS) is 17.7. The molecule has 4 rings (SSSR count). The maximum absolute atomic E-state index is 12.8. The number of carbonyl (C=O) groups excluding carboxylic acids is 1. The highest BCUT2D eigenvalue weighted by Gasteiger charge is 2.30. The fraction of sp³-hybridized carbons (Fsp3) is 0.273. The molecule has 0 radical (unpaired) electrons. The van der Waals surface area contributed by atoms with Gasteiger partial charge in [0.25, 0.3) is 0 Å². The van der Waals surface area contributed by atoms with Crippen LogP contribution in [0.3, 0.4) is 0 Å². The number of benzene rings is 2. The third kappa shape index (κ3) is 3.77. The highest BCUT2D eigenvalue weighted by Crippen LogP contribution is 2.25. The Kier molecular flexibility index (Phi) is 5.12. The molecule has 2 heterocycles. The van der Waals surface area contributed by atoms with E-state index in [0.717, 1.165) is 23.7 Å². The first-order valence-electron chi connectivity index (χ1n) is 9.40. The second kappa shape index (κ2) is 7.86. The van der Waals surface area contributed by atoms with Gasteiger partial charge in [-0.1, -0.05) is 18.2 Å². The van der Waals surface area contributed by atoms with E-state index in [9.17, 15) is 4.79 Å². The number of ether oxygens (including phenoxy) is 1. The number of hydrogen-bond donors (Lipinski definition) is 0. The van der Waals surface area contributed by atoms with E-state index in [-0.39, 0.29) is 11.9 Å². The molecular weight excluding hydrogens is 352 g/mol. The average Bonchev–Trinajstić information content (AvgIpc) is 3.26. The molecule has 1 aromatic heterocycles. The van der Waals surface area contributed by atoms with Gasteiger partial charge in [-0.15, -0.1) is 0 Å². The number of methoxy groups -OCH3 is 1. The summed E-state index contributed by atoms with van der Waals surface area (Å²) in [5, 5.41) is 0. The quantitative estimate of drug-likeness (QED) is 0.687. The Morgan fingerprint density at radius 2 is 1.96 bits per heavy atom. The molecule has 3 aromatic rings. The number of hydrogen-bond acceptors (Lipinski definition) is 4. The Labute approximate surface area is 165 Å². The lowest BCUT2D eigenvalue weighted by Crippen LogP contribution is -2.54. The first kappa shape index (κ1) is 18.3. The van der Waals surface area contributed by atoms with E-state index in [0.29, 0.717) is 13.1 Å². The topological polar surface area (TPSA) is 50.6 Å². The van der Waals surface area contributed by atoms with Crippen molar-refractivity contribution >= 4 is 11.6 Å². The van der Waals surface area contributed by atoms with Crippen LogP contribution in [-0.4, -0.2) is 46.6 Å². The third-order valence-electron chi connectivity index (χ3n) is 5.20. The zero-order chi connectivity index (χ0) is 19.5. The van der Waals surface area contributed by atoms with Crippen molar-refractivity contribution in [1.82, 2.24) is 14.5 Å². The summed E-state index contributed by atoms with van der Waals surface area (Å²) in [7, 11) is 1.64. The number of rotatable bonds is 5. The molecule has 0 aliphatic carbocycles. The van der Waals surface area contributed by atoms with E-state index in [1.807, 2.05) is 39.9 Å². The fourth-order valence-electron chi connectivity index (χ4n) is 3.56. The first-order valence-corrected chi connectivity index (χ1v) is 9.40. The monoisotopic (exact) mass is 376 g/mol. The number of anilines is 1. The van der Waals surface area contributed by atoms with E-state index in [1.165, 1.54) is 5.56 Å². The van der Waals surface area contributed by atoms with Gasteiger partial charge in [-0.05, 0) is 36.8 Å². The molecule has 6 nitrogen and oxygen atoms in total. The maximum Gasteiger partial charge on any atom is 0.241 e. The van der Waals surface area contributed by atoms with Crippen molar-refractivity contribution in [3.8, 4) is 11.4 Å². The number of nitrogens with zero attached hydrogens (tertiary/aromatic N) is 4. The second-order valence-electron chi connectivity index (χ2n) is 7.10. The molecule has 1 fully saturated rings. The van der Waals surface area contributed by atoms with Crippen LogP contribution in [0.4, 0.5) is 5.69 Å². The van der Waals surface area contributed by atoms with Crippen molar-refractivity contribution in [3.63, 3.8) is 0 Å². The molecule has 0 saturated carbocycles. The van der Waals surface area contributed by atoms with Gasteiger partial charge in [0.05, 0.1) is 20.0 Å². The second-order valence-corrected chi connectivity index (χ2v) is 7.10. The fourth-order valence-corrected chi connectivity index (χ4v) is 3.56. The largest absolute Gasteiger partial charge is 0.497 e. The molecule has 2 aromatic carbocycles. The van der Waals surface area contributed by atoms with E-state index >= 15 is 0 Å². The molecule has 1 aliphatic rings. The predicted molar refractivity (Wildman–Crippen MR) is 109 cm³/mol. The molecule has 1 saturated heterocycles. The van der Waals surface area contributed by atoms with Crippen LogP contribution in [0.1, 0.15) is 12.5 Å². The summed E-state index contributed by atoms with van der Waals surface area (Å²) in [6.45, 7) is 3.99. The zero-order valence-corrected chi connectivity index (χ0v) is 16.2. The van der Waals surface area contributed by atoms with Gasteiger partial charge in [0.1, 0.15) is 5.75 Å². The number of piperazine rings is 1. The molecule has 1 atom stereocenters. The van der Waals surface area contributed by atoms with Crippen LogP contribution in [0.25, 0.3) is 5.69 Å². The van der Waals surface area contributed by atoms with Crippen LogP contribution < -0.4 is 9.64 Å². The van der Waals surface area contributed by atoms with Crippen molar-refractivity contribution < 1.29 is 9.53 Å². The number of imidazole rings is 1. The van der Waals surface area contributed by atoms with Gasteiger partial charge in [0, 0.05) is 49.0 Å². The maximum atomic E-state index is 12.8. The lowest BCUT2D eigenvalue weighted by atomic mass is 10.1. The summed E-state index contributed by atoms with van der Waals surface area (Å²) in [6.07, 6.45) is 5.48. The minimum absolute atomic E-state index is 0.112. The smallest absolute Gasteiger partial charge is 0.241 e. The number of amides is 1. The van der Waals surface area contributed by atoms with Crippen LogP contribution in [0.5, 0.6) is 5.75 Å². The molecule has 0 spiro atoms. The lowest BCUT2D eigenvalue weighted by Gasteiger charge is -2.39. The molecule has 1 aliphatic heterocycles. The van der Waals surface area contributed by atoms with Gasteiger partial charge < -0.3 is 14.2 Å². The molecule has 28 heavy (non-hydrogen) atoms. The van der Waals surface area contributed by atoms with E-state index in [4.69, 9.17) is 4.74 Å². The predicted octanol–water partition coefficient (Wildman–Crippen LogP) is 3.12.